The topological polar surface area (TPSA) is 148 Å². The fourth-order valence-corrected chi connectivity index (χ4v) is 4.34. The molecule has 2 aliphatic rings. The van der Waals surface area contributed by atoms with Crippen molar-refractivity contribution in [3.05, 3.63) is 58.5 Å². The van der Waals surface area contributed by atoms with Crippen molar-refractivity contribution in [2.75, 3.05) is 14.2 Å². The summed E-state index contributed by atoms with van der Waals surface area (Å²) in [5.74, 6) is -2.16. The molecular formula is C27H38N2O7. The number of methoxy groups -OCH3 is 2. The number of fused-ring (bicyclic) bond motifs is 2. The van der Waals surface area contributed by atoms with Crippen LogP contribution in [0, 0.1) is 11.8 Å². The number of allylic oxidation sites excluding steroid dienone is 4. The first-order valence-electron chi connectivity index (χ1n) is 12.0. The summed E-state index contributed by atoms with van der Waals surface area (Å²) in [5, 5.41) is 24.3. The minimum atomic E-state index is -0.978. The molecule has 0 aromatic rings. The van der Waals surface area contributed by atoms with Gasteiger partial charge in [-0.05, 0) is 38.2 Å². The van der Waals surface area contributed by atoms with E-state index in [1.165, 1.54) is 20.3 Å². The number of aliphatic hydroxyl groups is 2. The minimum Gasteiger partial charge on any atom is -0.395 e. The van der Waals surface area contributed by atoms with E-state index in [1.807, 2.05) is 13.8 Å². The first kappa shape index (κ1) is 29.4. The Kier molecular flexibility index (Phi) is 10.5. The molecule has 0 fully saturated rings. The first-order valence-corrected chi connectivity index (χ1v) is 12.0. The smallest absolute Gasteiger partial charge is 0.251 e. The van der Waals surface area contributed by atoms with E-state index in [1.54, 1.807) is 32.1 Å². The minimum absolute atomic E-state index is 0.129. The first-order chi connectivity index (χ1) is 16.9. The molecule has 198 valence electrons. The van der Waals surface area contributed by atoms with E-state index in [2.05, 4.69) is 5.32 Å². The molecule has 1 heterocycles. The summed E-state index contributed by atoms with van der Waals surface area (Å²) in [7, 11) is 2.95. The SMILES string of the molecule is COC1/C=C\C=C(\C)C(=O)NC2=CC(=O)C(N)=C(CC(C)CC(OC)C(O)C(C)/C=C(/C)C1O)C2=O. The van der Waals surface area contributed by atoms with Crippen LogP contribution in [0.4, 0.5) is 0 Å². The molecule has 0 spiro atoms. The second-order valence-electron chi connectivity index (χ2n) is 9.56. The second kappa shape index (κ2) is 12.9. The number of aliphatic hydroxyl groups excluding tert-OH is 2. The van der Waals surface area contributed by atoms with Crippen molar-refractivity contribution in [3.63, 3.8) is 0 Å². The van der Waals surface area contributed by atoms with Crippen LogP contribution in [0.15, 0.2) is 58.5 Å². The van der Waals surface area contributed by atoms with Gasteiger partial charge in [0.15, 0.2) is 0 Å². The highest BCUT2D eigenvalue weighted by molar-refractivity contribution is 6.23. The number of ether oxygens (including phenoxy) is 2. The maximum Gasteiger partial charge on any atom is 0.251 e. The maximum absolute atomic E-state index is 13.1. The monoisotopic (exact) mass is 502 g/mol. The third kappa shape index (κ3) is 7.10. The fourth-order valence-electron chi connectivity index (χ4n) is 4.34. The van der Waals surface area contributed by atoms with E-state index < -0.39 is 41.9 Å². The highest BCUT2D eigenvalue weighted by atomic mass is 16.5. The molecule has 2 bridgehead atoms. The summed E-state index contributed by atoms with van der Waals surface area (Å²) in [6, 6.07) is 0. The number of nitrogens with one attached hydrogen (secondary N) is 1. The Morgan fingerprint density at radius 2 is 1.75 bits per heavy atom. The molecule has 0 saturated heterocycles. The van der Waals surface area contributed by atoms with Gasteiger partial charge in [-0.15, -0.1) is 0 Å². The van der Waals surface area contributed by atoms with Crippen LogP contribution in [0.5, 0.6) is 0 Å². The molecule has 6 unspecified atom stereocenters. The standard InChI is InChI=1S/C27H38N2O7/c1-14-10-18-23(28)20(30)13-19(26(18)33)29-27(34)15(2)8-7-9-21(35-5)24(31)16(3)12-17(4)25(32)22(11-14)36-6/h7-9,12-14,17,21-22,24-25,31-32H,10-11,28H2,1-6H3,(H,29,34)/b9-7-,15-8-,16-12-. The van der Waals surface area contributed by atoms with Crippen LogP contribution in [-0.4, -0.2) is 66.3 Å². The van der Waals surface area contributed by atoms with Crippen LogP contribution in [0.3, 0.4) is 0 Å². The van der Waals surface area contributed by atoms with Crippen molar-refractivity contribution < 1.29 is 34.1 Å². The molecular weight excluding hydrogens is 464 g/mol. The Bertz CT molecular complexity index is 1020. The number of carbonyl (C=O) groups is 3. The number of hydrogen-bond acceptors (Lipinski definition) is 8. The molecule has 1 aliphatic carbocycles. The lowest BCUT2D eigenvalue weighted by Gasteiger charge is -2.29. The van der Waals surface area contributed by atoms with Crippen LogP contribution in [-0.2, 0) is 23.9 Å². The largest absolute Gasteiger partial charge is 0.395 e. The Morgan fingerprint density at radius 3 is 2.36 bits per heavy atom. The van der Waals surface area contributed by atoms with Gasteiger partial charge in [-0.2, -0.15) is 0 Å². The number of hydrogen-bond donors (Lipinski definition) is 4. The molecule has 0 radical (unpaired) electrons. The molecule has 1 amide bonds. The van der Waals surface area contributed by atoms with Crippen LogP contribution in [0.1, 0.15) is 40.5 Å². The van der Waals surface area contributed by atoms with Crippen LogP contribution < -0.4 is 11.1 Å². The van der Waals surface area contributed by atoms with Gasteiger partial charge in [-0.25, -0.2) is 0 Å². The summed E-state index contributed by atoms with van der Waals surface area (Å²) in [5.41, 5.74) is 6.69. The highest BCUT2D eigenvalue weighted by Crippen LogP contribution is 2.27. The summed E-state index contributed by atoms with van der Waals surface area (Å²) in [4.78, 5) is 38.2. The van der Waals surface area contributed by atoms with Crippen molar-refractivity contribution in [1.82, 2.24) is 5.32 Å². The van der Waals surface area contributed by atoms with Gasteiger partial charge in [0.25, 0.3) is 5.91 Å². The van der Waals surface area contributed by atoms with Gasteiger partial charge in [-0.1, -0.05) is 38.2 Å². The lowest BCUT2D eigenvalue weighted by atomic mass is 9.85. The van der Waals surface area contributed by atoms with Crippen molar-refractivity contribution >= 4 is 17.5 Å². The van der Waals surface area contributed by atoms with E-state index in [0.29, 0.717) is 12.0 Å². The van der Waals surface area contributed by atoms with Crippen molar-refractivity contribution in [1.29, 1.82) is 0 Å². The Balaban J connectivity index is 2.50. The molecule has 1 aliphatic heterocycles. The molecule has 9 nitrogen and oxygen atoms in total. The number of amides is 1. The van der Waals surface area contributed by atoms with Gasteiger partial charge in [0.2, 0.25) is 11.6 Å². The van der Waals surface area contributed by atoms with Crippen molar-refractivity contribution in [2.24, 2.45) is 17.6 Å². The van der Waals surface area contributed by atoms with Gasteiger partial charge < -0.3 is 30.7 Å². The third-order valence-corrected chi connectivity index (χ3v) is 6.62. The summed E-state index contributed by atoms with van der Waals surface area (Å²) in [6.45, 7) is 7.00. The predicted octanol–water partition coefficient (Wildman–Crippen LogP) is 1.62. The van der Waals surface area contributed by atoms with E-state index in [4.69, 9.17) is 15.2 Å². The Hall–Kier alpha value is -2.85. The zero-order valence-corrected chi connectivity index (χ0v) is 21.8. The summed E-state index contributed by atoms with van der Waals surface area (Å²) >= 11 is 0. The maximum atomic E-state index is 13.1. The predicted molar refractivity (Wildman–Crippen MR) is 135 cm³/mol. The van der Waals surface area contributed by atoms with E-state index in [9.17, 15) is 24.6 Å². The van der Waals surface area contributed by atoms with Gasteiger partial charge in [0, 0.05) is 37.4 Å². The number of Topliss-reactive ketones (excluding diaryl/α,β-unsaturated/α-hetero) is 1. The zero-order valence-electron chi connectivity index (χ0n) is 21.8. The second-order valence-corrected chi connectivity index (χ2v) is 9.56. The Labute approximate surface area is 212 Å². The zero-order chi connectivity index (χ0) is 27.2. The number of ketones is 2. The van der Waals surface area contributed by atoms with Crippen LogP contribution in [0.2, 0.25) is 0 Å². The lowest BCUT2D eigenvalue weighted by molar-refractivity contribution is -0.120. The molecule has 36 heavy (non-hydrogen) atoms. The third-order valence-electron chi connectivity index (χ3n) is 6.62. The van der Waals surface area contributed by atoms with Gasteiger partial charge in [0.05, 0.1) is 23.6 Å². The molecule has 6 atom stereocenters. The lowest BCUT2D eigenvalue weighted by Crippen LogP contribution is -2.36. The average Bonchev–Trinajstić information content (AvgIpc) is 2.84. The quantitative estimate of drug-likeness (QED) is 0.329. The van der Waals surface area contributed by atoms with Gasteiger partial charge >= 0.3 is 0 Å². The summed E-state index contributed by atoms with van der Waals surface area (Å²) < 4.78 is 11.0. The van der Waals surface area contributed by atoms with Crippen LogP contribution >= 0.6 is 0 Å². The molecule has 2 rings (SSSR count). The normalized spacial score (nSPS) is 35.3. The molecule has 0 aromatic heterocycles. The fraction of sp³-hybridized carbons (Fsp3) is 0.519. The van der Waals surface area contributed by atoms with Gasteiger partial charge in [-0.3, -0.25) is 14.4 Å². The summed E-state index contributed by atoms with van der Waals surface area (Å²) in [6.07, 6.45) is 4.89. The van der Waals surface area contributed by atoms with E-state index >= 15 is 0 Å². The molecule has 0 saturated carbocycles. The van der Waals surface area contributed by atoms with Crippen molar-refractivity contribution in [3.8, 4) is 0 Å². The van der Waals surface area contributed by atoms with Gasteiger partial charge in [0.1, 0.15) is 12.2 Å². The average molecular weight is 503 g/mol. The Morgan fingerprint density at radius 1 is 1.08 bits per heavy atom. The molecule has 5 N–H and O–H groups in total. The number of rotatable bonds is 2. The van der Waals surface area contributed by atoms with E-state index in [-0.39, 0.29) is 40.8 Å². The van der Waals surface area contributed by atoms with Crippen molar-refractivity contribution in [2.45, 2.75) is 65.0 Å². The molecule has 0 aromatic carbocycles. The van der Waals surface area contributed by atoms with E-state index in [0.717, 1.165) is 6.08 Å². The highest BCUT2D eigenvalue weighted by Gasteiger charge is 2.32. The molecule has 9 heteroatoms. The van der Waals surface area contributed by atoms with Crippen LogP contribution in [0.25, 0.3) is 0 Å². The number of carbonyl (C=O) groups excluding carboxylic acids is 3. The number of nitrogens with two attached hydrogens (primary N) is 1.